The summed E-state index contributed by atoms with van der Waals surface area (Å²) in [7, 11) is 0. The Kier molecular flexibility index (Phi) is 5.59. The predicted molar refractivity (Wildman–Crippen MR) is 159 cm³/mol. The Bertz CT molecular complexity index is 1730. The van der Waals surface area contributed by atoms with Crippen LogP contribution in [0.1, 0.15) is 42.5 Å². The van der Waals surface area contributed by atoms with Crippen LogP contribution in [0.25, 0.3) is 39.3 Å². The van der Waals surface area contributed by atoms with Crippen LogP contribution in [0.15, 0.2) is 122 Å². The van der Waals surface area contributed by atoms with Crippen LogP contribution in [0.4, 0.5) is 0 Å². The van der Waals surface area contributed by atoms with E-state index in [0.29, 0.717) is 0 Å². The van der Waals surface area contributed by atoms with E-state index in [-0.39, 0.29) is 11.5 Å². The van der Waals surface area contributed by atoms with E-state index in [0.717, 1.165) is 25.0 Å². The van der Waals surface area contributed by atoms with E-state index in [9.17, 15) is 0 Å². The summed E-state index contributed by atoms with van der Waals surface area (Å²) in [5, 5.41) is 0. The van der Waals surface area contributed by atoms with Gasteiger partial charge >= 0.3 is 0 Å². The third kappa shape index (κ3) is 3.78. The van der Waals surface area contributed by atoms with Gasteiger partial charge in [0.2, 0.25) is 11.4 Å². The van der Waals surface area contributed by atoms with Gasteiger partial charge in [0.05, 0.1) is 17.4 Å². The Morgan fingerprint density at radius 2 is 1.49 bits per heavy atom. The van der Waals surface area contributed by atoms with Gasteiger partial charge in [0.1, 0.15) is 0 Å². The van der Waals surface area contributed by atoms with Crippen molar-refractivity contribution in [3.8, 4) is 33.6 Å². The number of aryl methyl sites for hydroxylation is 2. The molecule has 7 rings (SSSR count). The minimum Gasteiger partial charge on any atom is -0.194 e. The van der Waals surface area contributed by atoms with Gasteiger partial charge in [-0.25, -0.2) is 0 Å². The minimum absolute atomic E-state index is 0.0450. The molecule has 0 bridgehead atoms. The summed E-state index contributed by atoms with van der Waals surface area (Å²) in [6.07, 6.45) is 7.56. The van der Waals surface area contributed by atoms with Crippen molar-refractivity contribution in [2.45, 2.75) is 44.6 Å². The van der Waals surface area contributed by atoms with E-state index in [1.165, 1.54) is 50.3 Å². The molecular formula is C37H34N2+2. The highest BCUT2D eigenvalue weighted by molar-refractivity contribution is 5.71. The van der Waals surface area contributed by atoms with Gasteiger partial charge < -0.3 is 0 Å². The molecule has 3 aromatic carbocycles. The summed E-state index contributed by atoms with van der Waals surface area (Å²) in [6, 6.07) is 38.0. The number of nitrogens with zero attached hydrogens (tertiary/aromatic N) is 2. The third-order valence-electron chi connectivity index (χ3n) is 9.14. The molecule has 0 radical (unpaired) electrons. The largest absolute Gasteiger partial charge is 0.218 e. The number of rotatable bonds is 1. The van der Waals surface area contributed by atoms with Crippen molar-refractivity contribution in [3.63, 3.8) is 0 Å². The van der Waals surface area contributed by atoms with Crippen LogP contribution >= 0.6 is 0 Å². The fourth-order valence-corrected chi connectivity index (χ4v) is 7.02. The monoisotopic (exact) mass is 506 g/mol. The average molecular weight is 507 g/mol. The van der Waals surface area contributed by atoms with Crippen LogP contribution in [0.3, 0.4) is 0 Å². The molecule has 2 nitrogen and oxygen atoms in total. The number of fused-ring (bicyclic) bond motifs is 9. The van der Waals surface area contributed by atoms with E-state index in [1.807, 2.05) is 0 Å². The summed E-state index contributed by atoms with van der Waals surface area (Å²) in [5.41, 5.74) is 12.9. The maximum Gasteiger partial charge on any atom is 0.218 e. The Morgan fingerprint density at radius 3 is 2.33 bits per heavy atom. The molecule has 0 saturated carbocycles. The zero-order valence-electron chi connectivity index (χ0n) is 22.8. The fraction of sp³-hybridized carbons (Fsp3) is 0.189. The third-order valence-corrected chi connectivity index (χ3v) is 9.14. The lowest BCUT2D eigenvalue weighted by Gasteiger charge is -2.40. The first kappa shape index (κ1) is 23.8. The van der Waals surface area contributed by atoms with E-state index in [4.69, 9.17) is 6.58 Å². The second kappa shape index (κ2) is 9.17. The molecule has 2 aromatic heterocycles. The van der Waals surface area contributed by atoms with E-state index >= 15 is 0 Å². The van der Waals surface area contributed by atoms with Gasteiger partial charge in [-0.3, -0.25) is 0 Å². The molecule has 0 fully saturated rings. The highest BCUT2D eigenvalue weighted by Crippen LogP contribution is 2.48. The maximum absolute atomic E-state index is 4.77. The van der Waals surface area contributed by atoms with Gasteiger partial charge in [-0.15, -0.1) is 0 Å². The lowest BCUT2D eigenvalue weighted by atomic mass is 9.66. The molecule has 2 aliphatic heterocycles. The predicted octanol–water partition coefficient (Wildman–Crippen LogP) is 7.89. The first-order chi connectivity index (χ1) is 19.0. The van der Waals surface area contributed by atoms with Gasteiger partial charge in [0, 0.05) is 29.3 Å². The minimum atomic E-state index is -0.0450. The lowest BCUT2D eigenvalue weighted by Crippen LogP contribution is -2.56. The highest BCUT2D eigenvalue weighted by atomic mass is 15.1. The molecule has 2 aliphatic rings. The van der Waals surface area contributed by atoms with Gasteiger partial charge in [-0.05, 0) is 73.7 Å². The Morgan fingerprint density at radius 1 is 0.769 bits per heavy atom. The van der Waals surface area contributed by atoms with E-state index in [2.05, 4.69) is 139 Å². The highest BCUT2D eigenvalue weighted by Gasteiger charge is 2.50. The zero-order chi connectivity index (χ0) is 26.6. The Balaban J connectivity index is 1.47. The van der Waals surface area contributed by atoms with Crippen LogP contribution < -0.4 is 9.13 Å². The molecule has 4 heterocycles. The molecule has 0 saturated heterocycles. The van der Waals surface area contributed by atoms with Gasteiger partial charge in [-0.1, -0.05) is 66.7 Å². The smallest absolute Gasteiger partial charge is 0.194 e. The summed E-state index contributed by atoms with van der Waals surface area (Å²) in [4.78, 5) is 0. The molecule has 2 unspecified atom stereocenters. The number of hydrogen-bond acceptors (Lipinski definition) is 0. The molecule has 0 amide bonds. The quantitative estimate of drug-likeness (QED) is 0.204. The normalized spacial score (nSPS) is 19.6. The second-order valence-electron chi connectivity index (χ2n) is 11.4. The molecule has 39 heavy (non-hydrogen) atoms. The van der Waals surface area contributed by atoms with Crippen LogP contribution in [-0.4, -0.2) is 0 Å². The molecular weight excluding hydrogens is 472 g/mol. The maximum atomic E-state index is 4.77. The molecule has 2 heteroatoms. The summed E-state index contributed by atoms with van der Waals surface area (Å²) >= 11 is 0. The first-order valence-corrected chi connectivity index (χ1v) is 14.0. The topological polar surface area (TPSA) is 7.76 Å². The fourth-order valence-electron chi connectivity index (χ4n) is 7.02. The number of hydrogen-bond donors (Lipinski definition) is 0. The van der Waals surface area contributed by atoms with Crippen LogP contribution in [0, 0.1) is 6.92 Å². The van der Waals surface area contributed by atoms with E-state index in [1.54, 1.807) is 0 Å². The van der Waals surface area contributed by atoms with Crippen LogP contribution in [-0.2, 0) is 11.8 Å². The molecule has 0 spiro atoms. The van der Waals surface area contributed by atoms with Crippen LogP contribution in [0.2, 0.25) is 0 Å². The summed E-state index contributed by atoms with van der Waals surface area (Å²) in [5.74, 6) is 0. The van der Waals surface area contributed by atoms with Crippen LogP contribution in [0.5, 0.6) is 0 Å². The first-order valence-electron chi connectivity index (χ1n) is 14.0. The number of aromatic nitrogens is 2. The van der Waals surface area contributed by atoms with Crippen molar-refractivity contribution >= 4 is 5.70 Å². The second-order valence-corrected chi connectivity index (χ2v) is 11.4. The van der Waals surface area contributed by atoms with Gasteiger partial charge in [0.15, 0.2) is 24.1 Å². The molecule has 0 N–H and O–H groups in total. The molecule has 0 aliphatic carbocycles. The zero-order valence-corrected chi connectivity index (χ0v) is 22.8. The number of benzene rings is 3. The SMILES string of the molecule is C=C1CC2[n+]3ccccc3-c3ccccc3C2(C)CCc2ccccc2-c2cc(C)c(-c3ccccc3)c[n+]21. The van der Waals surface area contributed by atoms with Crippen molar-refractivity contribution < 1.29 is 9.13 Å². The lowest BCUT2D eigenvalue weighted by molar-refractivity contribution is -0.726. The van der Waals surface area contributed by atoms with Gasteiger partial charge in [0.25, 0.3) is 0 Å². The Labute approximate surface area is 231 Å². The van der Waals surface area contributed by atoms with Crippen molar-refractivity contribution in [3.05, 3.63) is 139 Å². The molecule has 190 valence electrons. The number of pyridine rings is 2. The summed E-state index contributed by atoms with van der Waals surface area (Å²) in [6.45, 7) is 9.48. The number of allylic oxidation sites excluding steroid dienone is 1. The average Bonchev–Trinajstić information content (AvgIpc) is 2.98. The van der Waals surface area contributed by atoms with Crippen molar-refractivity contribution in [1.29, 1.82) is 0 Å². The summed E-state index contributed by atoms with van der Waals surface area (Å²) < 4.78 is 4.90. The molecule has 2 atom stereocenters. The van der Waals surface area contributed by atoms with Crippen molar-refractivity contribution in [2.75, 3.05) is 0 Å². The standard InChI is InChI=1S/C37H34N2/c1-26-23-35-30-16-8-7-15-29(30)20-21-37(3)33-18-10-9-17-31(33)34-19-11-12-22-38(34)36(37)24-27(2)39(35)25-32(26)28-13-5-4-6-14-28/h4-19,22-23,25,36H,2,20-21,24H2,1,3H3/q+2. The van der Waals surface area contributed by atoms with Crippen molar-refractivity contribution in [2.24, 2.45) is 0 Å². The van der Waals surface area contributed by atoms with Gasteiger partial charge in [-0.2, -0.15) is 9.13 Å². The van der Waals surface area contributed by atoms with E-state index < -0.39 is 0 Å². The Hall–Kier alpha value is -4.30. The molecule has 5 aromatic rings. The van der Waals surface area contributed by atoms with Crippen molar-refractivity contribution in [1.82, 2.24) is 0 Å².